The van der Waals surface area contributed by atoms with Crippen LogP contribution in [-0.4, -0.2) is 45.2 Å². The fraction of sp³-hybridized carbons (Fsp3) is 0.263. The third kappa shape index (κ3) is 5.20. The average molecular weight is 411 g/mol. The van der Waals surface area contributed by atoms with Crippen molar-refractivity contribution in [2.45, 2.75) is 17.7 Å². The number of ether oxygens (including phenoxy) is 1. The van der Waals surface area contributed by atoms with Crippen LogP contribution in [0.15, 0.2) is 47.4 Å². The standard InChI is InChI=1S/C19H19F2NO5S/c1-22(2)28(25,26)15-9-10-17(21)16(12-15)19(24)27-11-3-4-18(23)13-5-7-14(20)8-6-13/h5-10,12H,3-4,11H2,1-2H3. The molecule has 2 rings (SSSR count). The Hall–Kier alpha value is -2.65. The van der Waals surface area contributed by atoms with E-state index >= 15 is 0 Å². The molecule has 0 bridgehead atoms. The number of halogens is 2. The van der Waals surface area contributed by atoms with Gasteiger partial charge in [0, 0.05) is 26.1 Å². The summed E-state index contributed by atoms with van der Waals surface area (Å²) in [6.45, 7) is -0.157. The van der Waals surface area contributed by atoms with Crippen molar-refractivity contribution < 1.29 is 31.5 Å². The molecule has 0 N–H and O–H groups in total. The summed E-state index contributed by atoms with van der Waals surface area (Å²) in [6.07, 6.45) is 0.232. The maximum atomic E-state index is 13.9. The SMILES string of the molecule is CN(C)S(=O)(=O)c1ccc(F)c(C(=O)OCCCC(=O)c2ccc(F)cc2)c1. The summed E-state index contributed by atoms with van der Waals surface area (Å²) in [5.41, 5.74) is -0.173. The molecule has 0 aliphatic rings. The maximum absolute atomic E-state index is 13.9. The van der Waals surface area contributed by atoms with Gasteiger partial charge < -0.3 is 4.74 Å². The molecule has 28 heavy (non-hydrogen) atoms. The van der Waals surface area contributed by atoms with E-state index in [1.54, 1.807) is 0 Å². The zero-order valence-corrected chi connectivity index (χ0v) is 16.1. The Morgan fingerprint density at radius 2 is 1.68 bits per heavy atom. The first-order valence-corrected chi connectivity index (χ1v) is 9.75. The van der Waals surface area contributed by atoms with Gasteiger partial charge in [0.2, 0.25) is 10.0 Å². The summed E-state index contributed by atoms with van der Waals surface area (Å²) in [5.74, 6) is -2.64. The summed E-state index contributed by atoms with van der Waals surface area (Å²) < 4.78 is 56.8. The maximum Gasteiger partial charge on any atom is 0.341 e. The van der Waals surface area contributed by atoms with Crippen LogP contribution in [0.5, 0.6) is 0 Å². The number of Topliss-reactive ketones (excluding diaryl/α,β-unsaturated/α-hetero) is 1. The highest BCUT2D eigenvalue weighted by Gasteiger charge is 2.22. The molecule has 0 aliphatic heterocycles. The Kier molecular flexibility index (Phi) is 6.98. The van der Waals surface area contributed by atoms with E-state index in [0.717, 1.165) is 22.5 Å². The van der Waals surface area contributed by atoms with Gasteiger partial charge in [-0.1, -0.05) is 0 Å². The fourth-order valence-electron chi connectivity index (χ4n) is 2.29. The fourth-order valence-corrected chi connectivity index (χ4v) is 3.22. The van der Waals surface area contributed by atoms with Gasteiger partial charge in [-0.3, -0.25) is 4.79 Å². The van der Waals surface area contributed by atoms with Crippen molar-refractivity contribution in [3.05, 3.63) is 65.2 Å². The Balaban J connectivity index is 1.96. The molecule has 2 aromatic carbocycles. The smallest absolute Gasteiger partial charge is 0.341 e. The first kappa shape index (κ1) is 21.6. The number of hydrogen-bond acceptors (Lipinski definition) is 5. The van der Waals surface area contributed by atoms with Crippen LogP contribution < -0.4 is 0 Å². The van der Waals surface area contributed by atoms with Crippen molar-refractivity contribution in [1.29, 1.82) is 0 Å². The van der Waals surface area contributed by atoms with Gasteiger partial charge in [0.1, 0.15) is 11.6 Å². The monoisotopic (exact) mass is 411 g/mol. The van der Waals surface area contributed by atoms with Gasteiger partial charge in [-0.05, 0) is 48.9 Å². The molecule has 0 spiro atoms. The molecule has 0 saturated heterocycles. The van der Waals surface area contributed by atoms with Crippen molar-refractivity contribution in [3.8, 4) is 0 Å². The number of sulfonamides is 1. The molecule has 0 atom stereocenters. The molecule has 2 aromatic rings. The van der Waals surface area contributed by atoms with Gasteiger partial charge in [-0.25, -0.2) is 26.3 Å². The second-order valence-electron chi connectivity index (χ2n) is 6.10. The molecular weight excluding hydrogens is 392 g/mol. The molecule has 150 valence electrons. The third-order valence-corrected chi connectivity index (χ3v) is 5.69. The van der Waals surface area contributed by atoms with Gasteiger partial charge in [-0.2, -0.15) is 0 Å². The number of ketones is 1. The predicted octanol–water partition coefficient (Wildman–Crippen LogP) is 3.04. The van der Waals surface area contributed by atoms with E-state index in [1.807, 2.05) is 0 Å². The number of nitrogens with zero attached hydrogens (tertiary/aromatic N) is 1. The van der Waals surface area contributed by atoms with Gasteiger partial charge in [0.05, 0.1) is 17.1 Å². The molecule has 6 nitrogen and oxygen atoms in total. The quantitative estimate of drug-likeness (QED) is 0.379. The van der Waals surface area contributed by atoms with Crippen LogP contribution in [0, 0.1) is 11.6 Å². The molecule has 0 radical (unpaired) electrons. The number of esters is 1. The molecule has 0 fully saturated rings. The van der Waals surface area contributed by atoms with Crippen molar-refractivity contribution in [2.75, 3.05) is 20.7 Å². The summed E-state index contributed by atoms with van der Waals surface area (Å²) in [5, 5.41) is 0. The highest BCUT2D eigenvalue weighted by atomic mass is 32.2. The van der Waals surface area contributed by atoms with Crippen molar-refractivity contribution >= 4 is 21.8 Å². The first-order valence-electron chi connectivity index (χ1n) is 8.31. The topological polar surface area (TPSA) is 80.8 Å². The lowest BCUT2D eigenvalue weighted by atomic mass is 10.1. The van der Waals surface area contributed by atoms with Gasteiger partial charge in [-0.15, -0.1) is 0 Å². The van der Waals surface area contributed by atoms with Gasteiger partial charge in [0.25, 0.3) is 0 Å². The highest BCUT2D eigenvalue weighted by molar-refractivity contribution is 7.89. The van der Waals surface area contributed by atoms with E-state index in [-0.39, 0.29) is 30.1 Å². The van der Waals surface area contributed by atoms with E-state index < -0.39 is 33.2 Å². The number of benzene rings is 2. The van der Waals surface area contributed by atoms with E-state index in [4.69, 9.17) is 4.74 Å². The average Bonchev–Trinajstić information content (AvgIpc) is 2.65. The molecule has 9 heteroatoms. The first-order chi connectivity index (χ1) is 13.1. The highest BCUT2D eigenvalue weighted by Crippen LogP contribution is 2.18. The second kappa shape index (κ2) is 9.03. The van der Waals surface area contributed by atoms with Gasteiger partial charge in [0.15, 0.2) is 5.78 Å². The lowest BCUT2D eigenvalue weighted by molar-refractivity contribution is 0.0488. The normalized spacial score (nSPS) is 11.5. The largest absolute Gasteiger partial charge is 0.462 e. The lowest BCUT2D eigenvalue weighted by Crippen LogP contribution is -2.22. The lowest BCUT2D eigenvalue weighted by Gasteiger charge is -2.12. The van der Waals surface area contributed by atoms with Crippen LogP contribution in [0.25, 0.3) is 0 Å². The summed E-state index contributed by atoms with van der Waals surface area (Å²) >= 11 is 0. The molecule has 0 unspecified atom stereocenters. The summed E-state index contributed by atoms with van der Waals surface area (Å²) in [4.78, 5) is 23.8. The Morgan fingerprint density at radius 1 is 1.04 bits per heavy atom. The molecular formula is C19H19F2NO5S. The van der Waals surface area contributed by atoms with Crippen LogP contribution in [0.1, 0.15) is 33.6 Å². The summed E-state index contributed by atoms with van der Waals surface area (Å²) in [7, 11) is -1.20. The Labute approximate surface area is 161 Å². The van der Waals surface area contributed by atoms with Crippen LogP contribution in [0.2, 0.25) is 0 Å². The Bertz CT molecular complexity index is 972. The minimum absolute atomic E-state index is 0.0520. The minimum Gasteiger partial charge on any atom is -0.462 e. The zero-order chi connectivity index (χ0) is 20.9. The Morgan fingerprint density at radius 3 is 2.29 bits per heavy atom. The van der Waals surface area contributed by atoms with Crippen molar-refractivity contribution in [2.24, 2.45) is 0 Å². The number of hydrogen-bond donors (Lipinski definition) is 0. The number of carbonyl (C=O) groups is 2. The van der Waals surface area contributed by atoms with E-state index in [9.17, 15) is 26.8 Å². The molecule has 0 heterocycles. The number of carbonyl (C=O) groups excluding carboxylic acids is 2. The summed E-state index contributed by atoms with van der Waals surface area (Å²) in [6, 6.07) is 7.91. The van der Waals surface area contributed by atoms with Crippen LogP contribution in [-0.2, 0) is 14.8 Å². The second-order valence-corrected chi connectivity index (χ2v) is 8.25. The third-order valence-electron chi connectivity index (χ3n) is 3.88. The van der Waals surface area contributed by atoms with Crippen molar-refractivity contribution in [1.82, 2.24) is 4.31 Å². The van der Waals surface area contributed by atoms with Gasteiger partial charge >= 0.3 is 5.97 Å². The molecule has 0 amide bonds. The molecule has 0 saturated carbocycles. The van der Waals surface area contributed by atoms with E-state index in [1.165, 1.54) is 38.4 Å². The number of rotatable bonds is 8. The van der Waals surface area contributed by atoms with Crippen molar-refractivity contribution in [3.63, 3.8) is 0 Å². The molecule has 0 aliphatic carbocycles. The molecule has 0 aromatic heterocycles. The predicted molar refractivity (Wildman–Crippen MR) is 97.5 cm³/mol. The van der Waals surface area contributed by atoms with Crippen LogP contribution >= 0.6 is 0 Å². The van der Waals surface area contributed by atoms with Crippen LogP contribution in [0.4, 0.5) is 8.78 Å². The van der Waals surface area contributed by atoms with E-state index in [2.05, 4.69) is 0 Å². The minimum atomic E-state index is -3.83. The van der Waals surface area contributed by atoms with Crippen LogP contribution in [0.3, 0.4) is 0 Å². The van der Waals surface area contributed by atoms with E-state index in [0.29, 0.717) is 5.56 Å². The zero-order valence-electron chi connectivity index (χ0n) is 15.3.